The quantitative estimate of drug-likeness (QED) is 0.742. The lowest BCUT2D eigenvalue weighted by atomic mass is 10.1. The summed E-state index contributed by atoms with van der Waals surface area (Å²) in [6.45, 7) is 7.13. The van der Waals surface area contributed by atoms with Crippen LogP contribution in [-0.2, 0) is 5.88 Å². The summed E-state index contributed by atoms with van der Waals surface area (Å²) in [5, 5.41) is 8.69. The Hall–Kier alpha value is -1.20. The highest BCUT2D eigenvalue weighted by Crippen LogP contribution is 2.22. The zero-order valence-corrected chi connectivity index (χ0v) is 11.5. The Morgan fingerprint density at radius 1 is 1.41 bits per heavy atom. The van der Waals surface area contributed by atoms with Crippen molar-refractivity contribution < 1.29 is 0 Å². The second-order valence-corrected chi connectivity index (χ2v) is 4.71. The van der Waals surface area contributed by atoms with E-state index in [-0.39, 0.29) is 0 Å². The van der Waals surface area contributed by atoms with Gasteiger partial charge in [-0.15, -0.1) is 11.6 Å². The number of halogens is 1. The van der Waals surface area contributed by atoms with Gasteiger partial charge in [-0.05, 0) is 44.0 Å². The molecule has 3 heteroatoms. The Bertz CT molecular complexity index is 407. The fraction of sp³-hybridized carbons (Fsp3) is 0.500. The first kappa shape index (κ1) is 13.9. The van der Waals surface area contributed by atoms with E-state index >= 15 is 0 Å². The van der Waals surface area contributed by atoms with Gasteiger partial charge in [-0.3, -0.25) is 0 Å². The van der Waals surface area contributed by atoms with Crippen LogP contribution in [0.5, 0.6) is 0 Å². The van der Waals surface area contributed by atoms with Crippen LogP contribution in [0.3, 0.4) is 0 Å². The van der Waals surface area contributed by atoms with Crippen LogP contribution >= 0.6 is 11.6 Å². The predicted molar refractivity (Wildman–Crippen MR) is 73.4 cm³/mol. The van der Waals surface area contributed by atoms with Crippen LogP contribution in [0, 0.1) is 18.3 Å². The number of aryl methyl sites for hydroxylation is 1. The molecule has 92 valence electrons. The first-order chi connectivity index (χ1) is 8.10. The lowest BCUT2D eigenvalue weighted by Gasteiger charge is -2.28. The number of benzene rings is 1. The predicted octanol–water partition coefficient (Wildman–Crippen LogP) is 3.86. The Balaban J connectivity index is 2.95. The van der Waals surface area contributed by atoms with E-state index in [0.717, 1.165) is 6.54 Å². The number of anilines is 1. The van der Waals surface area contributed by atoms with Gasteiger partial charge in [-0.1, -0.05) is 6.07 Å². The molecule has 0 heterocycles. The second kappa shape index (κ2) is 6.51. The largest absolute Gasteiger partial charge is 0.368 e. The standard InChI is InChI=1S/C14H19ClN2/c1-11(2)17(8-4-7-16)14-6-5-13(10-15)12(3)9-14/h5-6,9,11H,4,8,10H2,1-3H3. The molecule has 0 saturated heterocycles. The van der Waals surface area contributed by atoms with Crippen molar-refractivity contribution in [1.29, 1.82) is 5.26 Å². The summed E-state index contributed by atoms with van der Waals surface area (Å²) in [6.07, 6.45) is 0.550. The third-order valence-electron chi connectivity index (χ3n) is 2.89. The van der Waals surface area contributed by atoms with Crippen molar-refractivity contribution in [1.82, 2.24) is 0 Å². The van der Waals surface area contributed by atoms with Crippen LogP contribution in [0.15, 0.2) is 18.2 Å². The average Bonchev–Trinajstić information content (AvgIpc) is 2.29. The van der Waals surface area contributed by atoms with Gasteiger partial charge in [0.25, 0.3) is 0 Å². The van der Waals surface area contributed by atoms with Gasteiger partial charge in [0.15, 0.2) is 0 Å². The minimum Gasteiger partial charge on any atom is -0.368 e. The Morgan fingerprint density at radius 2 is 2.12 bits per heavy atom. The van der Waals surface area contributed by atoms with E-state index < -0.39 is 0 Å². The molecule has 2 nitrogen and oxygen atoms in total. The third-order valence-corrected chi connectivity index (χ3v) is 3.18. The lowest BCUT2D eigenvalue weighted by Crippen LogP contribution is -2.31. The molecule has 0 amide bonds. The molecule has 0 aliphatic rings. The molecule has 0 radical (unpaired) electrons. The van der Waals surface area contributed by atoms with Crippen LogP contribution in [0.1, 0.15) is 31.4 Å². The molecule has 0 aromatic heterocycles. The molecule has 0 bridgehead atoms. The summed E-state index contributed by atoms with van der Waals surface area (Å²) in [5.41, 5.74) is 3.54. The molecule has 1 aromatic rings. The topological polar surface area (TPSA) is 27.0 Å². The lowest BCUT2D eigenvalue weighted by molar-refractivity contribution is 0.686. The summed E-state index contributed by atoms with van der Waals surface area (Å²) in [5.74, 6) is 0.548. The molecule has 1 aromatic carbocycles. The molecule has 17 heavy (non-hydrogen) atoms. The van der Waals surface area contributed by atoms with E-state index in [1.807, 2.05) is 0 Å². The van der Waals surface area contributed by atoms with Crippen molar-refractivity contribution >= 4 is 17.3 Å². The van der Waals surface area contributed by atoms with Crippen molar-refractivity contribution in [3.8, 4) is 6.07 Å². The molecule has 1 rings (SSSR count). The first-order valence-electron chi connectivity index (χ1n) is 5.89. The highest BCUT2D eigenvalue weighted by molar-refractivity contribution is 6.17. The number of rotatable bonds is 5. The fourth-order valence-electron chi connectivity index (χ4n) is 1.86. The van der Waals surface area contributed by atoms with E-state index in [9.17, 15) is 0 Å². The molecular formula is C14H19ClN2. The molecule has 0 fully saturated rings. The van der Waals surface area contributed by atoms with Gasteiger partial charge in [0.2, 0.25) is 0 Å². The number of hydrogen-bond donors (Lipinski definition) is 0. The Kier molecular flexibility index (Phi) is 5.31. The monoisotopic (exact) mass is 250 g/mol. The van der Waals surface area contributed by atoms with Gasteiger partial charge < -0.3 is 4.90 Å². The molecule has 0 aliphatic heterocycles. The molecule has 0 saturated carbocycles. The fourth-order valence-corrected chi connectivity index (χ4v) is 2.16. The molecule has 0 spiro atoms. The van der Waals surface area contributed by atoms with Crippen LogP contribution in [-0.4, -0.2) is 12.6 Å². The second-order valence-electron chi connectivity index (χ2n) is 4.44. The molecular weight excluding hydrogens is 232 g/mol. The third kappa shape index (κ3) is 3.64. The zero-order valence-electron chi connectivity index (χ0n) is 10.7. The van der Waals surface area contributed by atoms with Gasteiger partial charge in [0, 0.05) is 24.2 Å². The highest BCUT2D eigenvalue weighted by atomic mass is 35.5. The highest BCUT2D eigenvalue weighted by Gasteiger charge is 2.11. The summed E-state index contributed by atoms with van der Waals surface area (Å²) >= 11 is 5.85. The van der Waals surface area contributed by atoms with Crippen LogP contribution in [0.4, 0.5) is 5.69 Å². The van der Waals surface area contributed by atoms with Crippen molar-refractivity contribution in [2.24, 2.45) is 0 Å². The minimum atomic E-state index is 0.393. The number of nitrogens with zero attached hydrogens (tertiary/aromatic N) is 2. The molecule has 0 atom stereocenters. The van der Waals surface area contributed by atoms with Crippen molar-refractivity contribution in [2.75, 3.05) is 11.4 Å². The zero-order chi connectivity index (χ0) is 12.8. The maximum atomic E-state index is 8.69. The van der Waals surface area contributed by atoms with Crippen molar-refractivity contribution in [2.45, 2.75) is 39.1 Å². The maximum absolute atomic E-state index is 8.69. The normalized spacial score (nSPS) is 10.4. The van der Waals surface area contributed by atoms with Gasteiger partial charge in [-0.2, -0.15) is 5.26 Å². The maximum Gasteiger partial charge on any atom is 0.0640 e. The van der Waals surface area contributed by atoms with E-state index in [4.69, 9.17) is 16.9 Å². The number of alkyl halides is 1. The smallest absolute Gasteiger partial charge is 0.0640 e. The Labute approximate surface area is 109 Å². The molecule has 0 unspecified atom stereocenters. The average molecular weight is 251 g/mol. The van der Waals surface area contributed by atoms with Gasteiger partial charge in [-0.25, -0.2) is 0 Å². The number of nitriles is 1. The van der Waals surface area contributed by atoms with Crippen LogP contribution in [0.2, 0.25) is 0 Å². The summed E-state index contributed by atoms with van der Waals surface area (Å²) in [4.78, 5) is 2.24. The van der Waals surface area contributed by atoms with Crippen LogP contribution < -0.4 is 4.90 Å². The van der Waals surface area contributed by atoms with Crippen molar-refractivity contribution in [3.63, 3.8) is 0 Å². The van der Waals surface area contributed by atoms with E-state index in [2.05, 4.69) is 49.9 Å². The summed E-state index contributed by atoms with van der Waals surface area (Å²) in [6, 6.07) is 8.89. The van der Waals surface area contributed by atoms with Crippen LogP contribution in [0.25, 0.3) is 0 Å². The minimum absolute atomic E-state index is 0.393. The van der Waals surface area contributed by atoms with E-state index in [0.29, 0.717) is 18.3 Å². The van der Waals surface area contributed by atoms with Crippen molar-refractivity contribution in [3.05, 3.63) is 29.3 Å². The molecule has 0 N–H and O–H groups in total. The molecule has 0 aliphatic carbocycles. The number of hydrogen-bond acceptors (Lipinski definition) is 2. The van der Waals surface area contributed by atoms with E-state index in [1.165, 1.54) is 16.8 Å². The van der Waals surface area contributed by atoms with E-state index in [1.54, 1.807) is 0 Å². The van der Waals surface area contributed by atoms with Gasteiger partial charge >= 0.3 is 0 Å². The SMILES string of the molecule is Cc1cc(N(CCC#N)C(C)C)ccc1CCl. The Morgan fingerprint density at radius 3 is 2.59 bits per heavy atom. The summed E-state index contributed by atoms with van der Waals surface area (Å²) < 4.78 is 0. The van der Waals surface area contributed by atoms with Gasteiger partial charge in [0.1, 0.15) is 0 Å². The first-order valence-corrected chi connectivity index (χ1v) is 6.42. The van der Waals surface area contributed by atoms with Gasteiger partial charge in [0.05, 0.1) is 12.5 Å². The summed E-state index contributed by atoms with van der Waals surface area (Å²) in [7, 11) is 0.